The summed E-state index contributed by atoms with van der Waals surface area (Å²) >= 11 is 0. The molecule has 136 valence electrons. The third kappa shape index (κ3) is 3.12. The van der Waals surface area contributed by atoms with E-state index in [0.717, 1.165) is 16.3 Å². The summed E-state index contributed by atoms with van der Waals surface area (Å²) in [6.07, 6.45) is 0. The van der Waals surface area contributed by atoms with Gasteiger partial charge in [-0.25, -0.2) is 4.79 Å². The number of nitrogens with one attached hydrogen (secondary N) is 1. The lowest BCUT2D eigenvalue weighted by Crippen LogP contribution is -2.41. The van der Waals surface area contributed by atoms with E-state index in [1.807, 2.05) is 72.8 Å². The van der Waals surface area contributed by atoms with Gasteiger partial charge in [0.2, 0.25) is 0 Å². The van der Waals surface area contributed by atoms with Gasteiger partial charge in [0.15, 0.2) is 0 Å². The van der Waals surface area contributed by atoms with Crippen molar-refractivity contribution in [2.45, 2.75) is 12.5 Å². The zero-order chi connectivity index (χ0) is 18.9. The Morgan fingerprint density at radius 2 is 1.63 bits per heavy atom. The molecular formula is C22H20N2O3. The molecule has 1 fully saturated rings. The van der Waals surface area contributed by atoms with Gasteiger partial charge in [0.1, 0.15) is 17.9 Å². The van der Waals surface area contributed by atoms with E-state index in [2.05, 4.69) is 5.32 Å². The predicted molar refractivity (Wildman–Crippen MR) is 103 cm³/mol. The molecule has 1 aliphatic rings. The summed E-state index contributed by atoms with van der Waals surface area (Å²) in [4.78, 5) is 26.4. The molecule has 3 amide bonds. The molecule has 1 aliphatic heterocycles. The van der Waals surface area contributed by atoms with E-state index in [-0.39, 0.29) is 19.1 Å². The molecule has 27 heavy (non-hydrogen) atoms. The highest BCUT2D eigenvalue weighted by molar-refractivity contribution is 6.07. The van der Waals surface area contributed by atoms with E-state index >= 15 is 0 Å². The average molecular weight is 360 g/mol. The summed E-state index contributed by atoms with van der Waals surface area (Å²) in [6, 6.07) is 22.7. The molecule has 5 nitrogen and oxygen atoms in total. The van der Waals surface area contributed by atoms with Crippen molar-refractivity contribution in [3.8, 4) is 5.75 Å². The van der Waals surface area contributed by atoms with Crippen LogP contribution in [0.4, 0.5) is 4.79 Å². The number of hydrogen-bond acceptors (Lipinski definition) is 3. The Bertz CT molecular complexity index is 1000. The lowest BCUT2D eigenvalue weighted by Gasteiger charge is -2.22. The largest absolute Gasteiger partial charge is 0.492 e. The molecule has 4 rings (SSSR count). The van der Waals surface area contributed by atoms with Gasteiger partial charge in [-0.1, -0.05) is 60.7 Å². The standard InChI is InChI=1S/C22H20N2O3/c1-22(18-9-3-2-4-10-18)20(25)24(21(26)23-22)13-14-27-19-12-11-16-7-5-6-8-17(16)15-19/h2-12,15H,13-14H2,1H3,(H,23,26). The van der Waals surface area contributed by atoms with Crippen LogP contribution >= 0.6 is 0 Å². The normalized spacial score (nSPS) is 19.4. The van der Waals surface area contributed by atoms with Crippen molar-refractivity contribution in [2.24, 2.45) is 0 Å². The van der Waals surface area contributed by atoms with Crippen LogP contribution in [0.1, 0.15) is 12.5 Å². The number of fused-ring (bicyclic) bond motifs is 1. The van der Waals surface area contributed by atoms with Crippen molar-refractivity contribution >= 4 is 22.7 Å². The molecule has 1 heterocycles. The number of rotatable bonds is 5. The molecule has 0 radical (unpaired) electrons. The van der Waals surface area contributed by atoms with E-state index in [9.17, 15) is 9.59 Å². The van der Waals surface area contributed by atoms with Gasteiger partial charge < -0.3 is 10.1 Å². The molecule has 0 aliphatic carbocycles. The number of carbonyl (C=O) groups excluding carboxylic acids is 2. The maximum atomic E-state index is 12.8. The van der Waals surface area contributed by atoms with E-state index in [0.29, 0.717) is 5.75 Å². The van der Waals surface area contributed by atoms with Crippen molar-refractivity contribution in [1.82, 2.24) is 10.2 Å². The van der Waals surface area contributed by atoms with Gasteiger partial charge in [-0.05, 0) is 35.4 Å². The Labute approximate surface area is 157 Å². The monoisotopic (exact) mass is 360 g/mol. The van der Waals surface area contributed by atoms with Crippen molar-refractivity contribution < 1.29 is 14.3 Å². The van der Waals surface area contributed by atoms with Crippen LogP contribution in [-0.4, -0.2) is 30.0 Å². The summed E-state index contributed by atoms with van der Waals surface area (Å²) in [5.74, 6) is 0.451. The molecule has 3 aromatic carbocycles. The molecule has 5 heteroatoms. The summed E-state index contributed by atoms with van der Waals surface area (Å²) in [5.41, 5.74) is -0.275. The first-order valence-electron chi connectivity index (χ1n) is 8.89. The van der Waals surface area contributed by atoms with Gasteiger partial charge in [-0.15, -0.1) is 0 Å². The Morgan fingerprint density at radius 3 is 2.41 bits per heavy atom. The number of ether oxygens (including phenoxy) is 1. The molecule has 0 aromatic heterocycles. The van der Waals surface area contributed by atoms with Crippen LogP contribution in [-0.2, 0) is 10.3 Å². The molecule has 1 saturated heterocycles. The summed E-state index contributed by atoms with van der Waals surface area (Å²) in [5, 5.41) is 5.02. The van der Waals surface area contributed by atoms with Gasteiger partial charge in [-0.3, -0.25) is 9.69 Å². The highest BCUT2D eigenvalue weighted by atomic mass is 16.5. The van der Waals surface area contributed by atoms with E-state index in [1.165, 1.54) is 4.90 Å². The van der Waals surface area contributed by atoms with E-state index < -0.39 is 11.6 Å². The number of benzene rings is 3. The SMILES string of the molecule is CC1(c2ccccc2)NC(=O)N(CCOc2ccc3ccccc3c2)C1=O. The van der Waals surface area contributed by atoms with Crippen molar-refractivity contribution in [3.63, 3.8) is 0 Å². The average Bonchev–Trinajstić information content (AvgIpc) is 2.92. The van der Waals surface area contributed by atoms with Crippen LogP contribution in [0.15, 0.2) is 72.8 Å². The molecule has 0 spiro atoms. The first kappa shape index (κ1) is 17.1. The number of hydrogen-bond donors (Lipinski definition) is 1. The number of urea groups is 1. The number of amides is 3. The van der Waals surface area contributed by atoms with Crippen LogP contribution in [0.2, 0.25) is 0 Å². The van der Waals surface area contributed by atoms with Crippen LogP contribution in [0.5, 0.6) is 5.75 Å². The lowest BCUT2D eigenvalue weighted by molar-refractivity contribution is -0.131. The van der Waals surface area contributed by atoms with E-state index in [1.54, 1.807) is 6.92 Å². The number of imide groups is 1. The molecule has 0 saturated carbocycles. The minimum atomic E-state index is -1.04. The first-order chi connectivity index (χ1) is 13.1. The highest BCUT2D eigenvalue weighted by Crippen LogP contribution is 2.28. The van der Waals surface area contributed by atoms with Crippen molar-refractivity contribution in [3.05, 3.63) is 78.4 Å². The third-order valence-corrected chi connectivity index (χ3v) is 4.93. The zero-order valence-electron chi connectivity index (χ0n) is 15.0. The second kappa shape index (κ2) is 6.76. The maximum Gasteiger partial charge on any atom is 0.325 e. The summed E-state index contributed by atoms with van der Waals surface area (Å²) in [7, 11) is 0. The molecule has 1 atom stereocenters. The third-order valence-electron chi connectivity index (χ3n) is 4.93. The Hall–Kier alpha value is -3.34. The minimum Gasteiger partial charge on any atom is -0.492 e. The van der Waals surface area contributed by atoms with Crippen LogP contribution in [0.3, 0.4) is 0 Å². The number of nitrogens with zero attached hydrogens (tertiary/aromatic N) is 1. The van der Waals surface area contributed by atoms with Crippen LogP contribution < -0.4 is 10.1 Å². The van der Waals surface area contributed by atoms with Crippen molar-refractivity contribution in [1.29, 1.82) is 0 Å². The van der Waals surface area contributed by atoms with Gasteiger partial charge in [0.05, 0.1) is 6.54 Å². The molecule has 1 unspecified atom stereocenters. The molecular weight excluding hydrogens is 340 g/mol. The molecule has 0 bridgehead atoms. The Kier molecular flexibility index (Phi) is 4.28. The fourth-order valence-corrected chi connectivity index (χ4v) is 3.38. The minimum absolute atomic E-state index is 0.194. The van der Waals surface area contributed by atoms with Gasteiger partial charge >= 0.3 is 6.03 Å². The van der Waals surface area contributed by atoms with Crippen LogP contribution in [0, 0.1) is 0 Å². The second-order valence-electron chi connectivity index (χ2n) is 6.74. The maximum absolute atomic E-state index is 12.8. The highest BCUT2D eigenvalue weighted by Gasteiger charge is 2.48. The topological polar surface area (TPSA) is 58.6 Å². The quantitative estimate of drug-likeness (QED) is 0.706. The Balaban J connectivity index is 1.43. The molecule has 3 aromatic rings. The fourth-order valence-electron chi connectivity index (χ4n) is 3.38. The van der Waals surface area contributed by atoms with E-state index in [4.69, 9.17) is 4.74 Å². The summed E-state index contributed by atoms with van der Waals surface area (Å²) < 4.78 is 5.77. The predicted octanol–water partition coefficient (Wildman–Crippen LogP) is 3.69. The first-order valence-corrected chi connectivity index (χ1v) is 8.89. The lowest BCUT2D eigenvalue weighted by atomic mass is 9.92. The zero-order valence-corrected chi connectivity index (χ0v) is 15.0. The second-order valence-corrected chi connectivity index (χ2v) is 6.74. The van der Waals surface area contributed by atoms with Gasteiger partial charge in [-0.2, -0.15) is 0 Å². The van der Waals surface area contributed by atoms with Gasteiger partial charge in [0, 0.05) is 0 Å². The smallest absolute Gasteiger partial charge is 0.325 e. The Morgan fingerprint density at radius 1 is 0.926 bits per heavy atom. The van der Waals surface area contributed by atoms with Crippen molar-refractivity contribution in [2.75, 3.05) is 13.2 Å². The number of carbonyl (C=O) groups is 2. The van der Waals surface area contributed by atoms with Crippen LogP contribution in [0.25, 0.3) is 10.8 Å². The van der Waals surface area contributed by atoms with Gasteiger partial charge in [0.25, 0.3) is 5.91 Å². The fraction of sp³-hybridized carbons (Fsp3) is 0.182. The summed E-state index contributed by atoms with van der Waals surface area (Å²) in [6.45, 7) is 2.16. The molecule has 1 N–H and O–H groups in total.